The van der Waals surface area contributed by atoms with Crippen molar-refractivity contribution < 1.29 is 0 Å². The number of hydrazone groups is 1. The molecule has 0 amide bonds. The van der Waals surface area contributed by atoms with E-state index in [9.17, 15) is 0 Å². The maximum atomic E-state index is 6.13. The Morgan fingerprint density at radius 1 is 1.12 bits per heavy atom. The Labute approximate surface area is 153 Å². The third-order valence-corrected chi connectivity index (χ3v) is 4.03. The number of hydrogen-bond donors (Lipinski definition) is 1. The van der Waals surface area contributed by atoms with Gasteiger partial charge in [0.15, 0.2) is 0 Å². The van der Waals surface area contributed by atoms with Crippen LogP contribution in [0.3, 0.4) is 0 Å². The van der Waals surface area contributed by atoms with Gasteiger partial charge in [-0.25, -0.2) is 4.68 Å². The van der Waals surface area contributed by atoms with Crippen molar-refractivity contribution in [2.75, 3.05) is 5.43 Å². The van der Waals surface area contributed by atoms with E-state index in [1.54, 1.807) is 16.8 Å². The number of rotatable bonds is 4. The number of benzene rings is 2. The molecule has 0 bridgehead atoms. The minimum Gasteiger partial charge on any atom is -0.275 e. The van der Waals surface area contributed by atoms with Gasteiger partial charge < -0.3 is 0 Å². The summed E-state index contributed by atoms with van der Waals surface area (Å²) in [6.45, 7) is 1.86. The Hall–Kier alpha value is -2.15. The summed E-state index contributed by atoms with van der Waals surface area (Å²) in [4.78, 5) is 0. The topological polar surface area (TPSA) is 68.0 Å². The predicted molar refractivity (Wildman–Crippen MR) is 96.5 cm³/mol. The van der Waals surface area contributed by atoms with Crippen LogP contribution in [0.5, 0.6) is 0 Å². The van der Waals surface area contributed by atoms with Crippen LogP contribution in [0.2, 0.25) is 15.1 Å². The molecule has 6 nitrogen and oxygen atoms in total. The maximum Gasteiger partial charge on any atom is 0.143 e. The van der Waals surface area contributed by atoms with Gasteiger partial charge in [-0.2, -0.15) is 5.10 Å². The van der Waals surface area contributed by atoms with E-state index in [1.807, 2.05) is 31.2 Å². The van der Waals surface area contributed by atoms with Crippen LogP contribution in [0.15, 0.2) is 47.8 Å². The second-order valence-electron chi connectivity index (χ2n) is 4.86. The van der Waals surface area contributed by atoms with Crippen LogP contribution in [-0.4, -0.2) is 25.9 Å². The van der Waals surface area contributed by atoms with E-state index in [4.69, 9.17) is 34.8 Å². The zero-order chi connectivity index (χ0) is 17.1. The van der Waals surface area contributed by atoms with Crippen molar-refractivity contribution in [1.29, 1.82) is 0 Å². The van der Waals surface area contributed by atoms with Gasteiger partial charge >= 0.3 is 0 Å². The first-order chi connectivity index (χ1) is 11.5. The van der Waals surface area contributed by atoms with Gasteiger partial charge in [-0.15, -0.1) is 5.10 Å². The smallest absolute Gasteiger partial charge is 0.143 e. The zero-order valence-electron chi connectivity index (χ0n) is 12.4. The van der Waals surface area contributed by atoms with Crippen molar-refractivity contribution in [2.24, 2.45) is 5.10 Å². The van der Waals surface area contributed by atoms with Crippen molar-refractivity contribution in [2.45, 2.75) is 6.92 Å². The van der Waals surface area contributed by atoms with Gasteiger partial charge in [-0.1, -0.05) is 46.9 Å². The average molecular weight is 382 g/mol. The van der Waals surface area contributed by atoms with Crippen LogP contribution in [0.4, 0.5) is 5.69 Å². The number of aromatic nitrogens is 4. The van der Waals surface area contributed by atoms with Crippen molar-refractivity contribution in [1.82, 2.24) is 20.2 Å². The van der Waals surface area contributed by atoms with E-state index in [0.29, 0.717) is 20.8 Å². The lowest BCUT2D eigenvalue weighted by molar-refractivity contribution is 0.789. The molecule has 0 aliphatic rings. The molecule has 9 heteroatoms. The summed E-state index contributed by atoms with van der Waals surface area (Å²) >= 11 is 18.2. The number of nitrogens with zero attached hydrogens (tertiary/aromatic N) is 5. The molecule has 3 aromatic rings. The van der Waals surface area contributed by atoms with E-state index in [0.717, 1.165) is 17.0 Å². The van der Waals surface area contributed by atoms with Crippen LogP contribution < -0.4 is 5.43 Å². The number of tetrazole rings is 1. The largest absolute Gasteiger partial charge is 0.275 e. The fraction of sp³-hybridized carbons (Fsp3) is 0.0667. The standard InChI is InChI=1S/C15H11Cl3N6/c1-9(20-21-15-13(17)6-11(16)7-14(15)18)10-3-2-4-12(5-10)24-8-19-22-23-24/h2-8,21H,1H3/b20-9+. The lowest BCUT2D eigenvalue weighted by Crippen LogP contribution is -2.02. The number of nitrogens with one attached hydrogen (secondary N) is 1. The van der Waals surface area contributed by atoms with Crippen molar-refractivity contribution >= 4 is 46.2 Å². The van der Waals surface area contributed by atoms with Crippen molar-refractivity contribution in [3.63, 3.8) is 0 Å². The molecule has 0 spiro atoms. The van der Waals surface area contributed by atoms with Gasteiger partial charge in [0.1, 0.15) is 6.33 Å². The summed E-state index contributed by atoms with van der Waals surface area (Å²) < 4.78 is 1.57. The van der Waals surface area contributed by atoms with E-state index >= 15 is 0 Å². The molecule has 0 saturated carbocycles. The third-order valence-electron chi connectivity index (χ3n) is 3.22. The molecule has 2 aromatic carbocycles. The van der Waals surface area contributed by atoms with Crippen molar-refractivity contribution in [3.8, 4) is 5.69 Å². The highest BCUT2D eigenvalue weighted by molar-refractivity contribution is 6.41. The molecule has 3 rings (SSSR count). The maximum absolute atomic E-state index is 6.13. The molecule has 0 aliphatic heterocycles. The van der Waals surface area contributed by atoms with Gasteiger partial charge in [-0.05, 0) is 47.2 Å². The molecule has 24 heavy (non-hydrogen) atoms. The lowest BCUT2D eigenvalue weighted by Gasteiger charge is -2.09. The summed E-state index contributed by atoms with van der Waals surface area (Å²) in [6, 6.07) is 10.8. The fourth-order valence-electron chi connectivity index (χ4n) is 2.01. The monoisotopic (exact) mass is 380 g/mol. The summed E-state index contributed by atoms with van der Waals surface area (Å²) in [5.41, 5.74) is 5.85. The summed E-state index contributed by atoms with van der Waals surface area (Å²) in [5.74, 6) is 0. The van der Waals surface area contributed by atoms with Crippen LogP contribution in [0.1, 0.15) is 12.5 Å². The van der Waals surface area contributed by atoms with Gasteiger partial charge in [-0.3, -0.25) is 5.43 Å². The molecule has 0 aliphatic carbocycles. The molecule has 122 valence electrons. The molecule has 1 heterocycles. The Balaban J connectivity index is 1.86. The summed E-state index contributed by atoms with van der Waals surface area (Å²) in [6.07, 6.45) is 1.52. The van der Waals surface area contributed by atoms with Crippen LogP contribution in [0, 0.1) is 0 Å². The van der Waals surface area contributed by atoms with Gasteiger partial charge in [0, 0.05) is 5.02 Å². The number of halogens is 3. The molecule has 0 radical (unpaired) electrons. The average Bonchev–Trinajstić information content (AvgIpc) is 3.08. The predicted octanol–water partition coefficient (Wildman–Crippen LogP) is 4.46. The fourth-order valence-corrected chi connectivity index (χ4v) is 2.91. The van der Waals surface area contributed by atoms with Gasteiger partial charge in [0.25, 0.3) is 0 Å². The lowest BCUT2D eigenvalue weighted by atomic mass is 10.1. The van der Waals surface area contributed by atoms with E-state index in [1.165, 1.54) is 6.33 Å². The molecule has 1 N–H and O–H groups in total. The second-order valence-corrected chi connectivity index (χ2v) is 6.11. The molecule has 0 atom stereocenters. The summed E-state index contributed by atoms with van der Waals surface area (Å²) in [5, 5.41) is 16.7. The second kappa shape index (κ2) is 7.17. The molecular formula is C15H11Cl3N6. The highest BCUT2D eigenvalue weighted by atomic mass is 35.5. The SMILES string of the molecule is C/C(=N\Nc1c(Cl)cc(Cl)cc1Cl)c1cccc(-n2cnnn2)c1. The highest BCUT2D eigenvalue weighted by Gasteiger charge is 2.08. The molecule has 0 saturated heterocycles. The molecule has 1 aromatic heterocycles. The van der Waals surface area contributed by atoms with Crippen molar-refractivity contribution in [3.05, 3.63) is 63.4 Å². The van der Waals surface area contributed by atoms with E-state index in [2.05, 4.69) is 26.1 Å². The minimum atomic E-state index is 0.395. The van der Waals surface area contributed by atoms with Crippen LogP contribution in [-0.2, 0) is 0 Å². The summed E-state index contributed by atoms with van der Waals surface area (Å²) in [7, 11) is 0. The molecular weight excluding hydrogens is 371 g/mol. The highest BCUT2D eigenvalue weighted by Crippen LogP contribution is 2.33. The number of anilines is 1. The zero-order valence-corrected chi connectivity index (χ0v) is 14.7. The quantitative estimate of drug-likeness (QED) is 0.535. The van der Waals surface area contributed by atoms with E-state index < -0.39 is 0 Å². The molecule has 0 unspecified atom stereocenters. The molecule has 0 fully saturated rings. The van der Waals surface area contributed by atoms with Gasteiger partial charge in [0.2, 0.25) is 0 Å². The Kier molecular flexibility index (Phi) is 4.99. The number of hydrogen-bond acceptors (Lipinski definition) is 5. The third kappa shape index (κ3) is 3.67. The first kappa shape index (κ1) is 16.7. The minimum absolute atomic E-state index is 0.395. The van der Waals surface area contributed by atoms with Gasteiger partial charge in [0.05, 0.1) is 27.1 Å². The van der Waals surface area contributed by atoms with Crippen LogP contribution >= 0.6 is 34.8 Å². The Morgan fingerprint density at radius 2 is 1.88 bits per heavy atom. The first-order valence-electron chi connectivity index (χ1n) is 6.83. The Morgan fingerprint density at radius 3 is 2.54 bits per heavy atom. The normalized spacial score (nSPS) is 11.6. The van der Waals surface area contributed by atoms with E-state index in [-0.39, 0.29) is 0 Å². The van der Waals surface area contributed by atoms with Crippen LogP contribution in [0.25, 0.3) is 5.69 Å². The Bertz CT molecular complexity index is 869. The first-order valence-corrected chi connectivity index (χ1v) is 7.96.